The molecule has 7 heteroatoms. The van der Waals surface area contributed by atoms with Crippen LogP contribution in [0.4, 0.5) is 14.9 Å². The molecule has 0 aromatic heterocycles. The predicted octanol–water partition coefficient (Wildman–Crippen LogP) is 2.95. The summed E-state index contributed by atoms with van der Waals surface area (Å²) < 4.78 is 13.1. The van der Waals surface area contributed by atoms with Crippen molar-refractivity contribution in [3.05, 3.63) is 65.5 Å². The lowest BCUT2D eigenvalue weighted by Crippen LogP contribution is -2.44. The van der Waals surface area contributed by atoms with Crippen molar-refractivity contribution in [1.29, 1.82) is 0 Å². The number of likely N-dealkylation sites (N-methyl/N-ethyl adjacent to an activating group) is 1. The Balaban J connectivity index is 1.80. The van der Waals surface area contributed by atoms with Crippen molar-refractivity contribution in [1.82, 2.24) is 10.2 Å². The molecule has 1 saturated heterocycles. The van der Waals surface area contributed by atoms with Crippen molar-refractivity contribution in [3.63, 3.8) is 0 Å². The van der Waals surface area contributed by atoms with Gasteiger partial charge in [0, 0.05) is 12.2 Å². The Morgan fingerprint density at radius 1 is 1.11 bits per heavy atom. The first-order chi connectivity index (χ1) is 13.3. The van der Waals surface area contributed by atoms with Crippen LogP contribution in [0.5, 0.6) is 0 Å². The highest BCUT2D eigenvalue weighted by Crippen LogP contribution is 2.29. The molecule has 3 rings (SSSR count). The van der Waals surface area contributed by atoms with E-state index in [9.17, 15) is 18.8 Å². The minimum Gasteiger partial charge on any atom is -0.319 e. The average molecular weight is 383 g/mol. The molecule has 0 aliphatic carbocycles. The maximum absolute atomic E-state index is 13.1. The van der Waals surface area contributed by atoms with Crippen LogP contribution in [0.2, 0.25) is 0 Å². The fourth-order valence-corrected chi connectivity index (χ4v) is 3.27. The number of carbonyl (C=O) groups excluding carboxylic acids is 3. The maximum Gasteiger partial charge on any atom is 0.325 e. The summed E-state index contributed by atoms with van der Waals surface area (Å²) >= 11 is 0. The van der Waals surface area contributed by atoms with Crippen LogP contribution in [-0.4, -0.2) is 35.8 Å². The normalized spacial score (nSPS) is 18.9. The zero-order valence-electron chi connectivity index (χ0n) is 16.0. The summed E-state index contributed by atoms with van der Waals surface area (Å²) in [6, 6.07) is 12.2. The zero-order valence-corrected chi connectivity index (χ0v) is 16.0. The van der Waals surface area contributed by atoms with Crippen LogP contribution in [0, 0.1) is 12.7 Å². The molecule has 2 aromatic carbocycles. The molecule has 1 heterocycles. The Morgan fingerprint density at radius 3 is 2.29 bits per heavy atom. The minimum atomic E-state index is -1.22. The second-order valence-corrected chi connectivity index (χ2v) is 6.93. The highest BCUT2D eigenvalue weighted by atomic mass is 19.1. The number of imide groups is 1. The molecule has 0 unspecified atom stereocenters. The fraction of sp³-hybridized carbons (Fsp3) is 0.286. The first-order valence-corrected chi connectivity index (χ1v) is 9.03. The number of hydrogen-bond acceptors (Lipinski definition) is 3. The van der Waals surface area contributed by atoms with Crippen LogP contribution in [0.25, 0.3) is 0 Å². The van der Waals surface area contributed by atoms with E-state index in [0.29, 0.717) is 17.8 Å². The molecule has 1 aliphatic rings. The van der Waals surface area contributed by atoms with Gasteiger partial charge in [0.15, 0.2) is 0 Å². The molecule has 28 heavy (non-hydrogen) atoms. The summed E-state index contributed by atoms with van der Waals surface area (Å²) in [5, 5.41) is 2.69. The van der Waals surface area contributed by atoms with Crippen LogP contribution in [0.1, 0.15) is 25.0 Å². The third kappa shape index (κ3) is 3.47. The van der Waals surface area contributed by atoms with Gasteiger partial charge in [0.2, 0.25) is 5.91 Å². The molecule has 0 saturated carbocycles. The second kappa shape index (κ2) is 7.42. The van der Waals surface area contributed by atoms with Gasteiger partial charge in [0.05, 0.1) is 0 Å². The van der Waals surface area contributed by atoms with Crippen molar-refractivity contribution >= 4 is 23.5 Å². The molecule has 1 atom stereocenters. The molecule has 0 spiro atoms. The summed E-state index contributed by atoms with van der Waals surface area (Å²) in [4.78, 5) is 40.5. The summed E-state index contributed by atoms with van der Waals surface area (Å²) in [6.07, 6.45) is 0. The lowest BCUT2D eigenvalue weighted by Gasteiger charge is -2.24. The van der Waals surface area contributed by atoms with E-state index in [4.69, 9.17) is 0 Å². The van der Waals surface area contributed by atoms with Crippen LogP contribution < -0.4 is 10.2 Å². The van der Waals surface area contributed by atoms with E-state index in [1.807, 2.05) is 19.1 Å². The SMILES string of the molecule is CCN(C(=O)CN1C(=O)N[C@@](C)(c2ccc(C)cc2)C1=O)c1ccc(F)cc1. The molecule has 6 nitrogen and oxygen atoms in total. The standard InChI is InChI=1S/C21H22FN3O3/c1-4-24(17-11-9-16(22)10-12-17)18(26)13-25-19(27)21(3,23-20(25)28)15-7-5-14(2)6-8-15/h5-12H,4,13H2,1-3H3,(H,23,28)/t21-/m0/s1. The number of aryl methyl sites for hydroxylation is 1. The third-order valence-corrected chi connectivity index (χ3v) is 4.95. The Hall–Kier alpha value is -3.22. The molecular formula is C21H22FN3O3. The summed E-state index contributed by atoms with van der Waals surface area (Å²) in [7, 11) is 0. The number of rotatable bonds is 5. The van der Waals surface area contributed by atoms with Crippen LogP contribution in [-0.2, 0) is 15.1 Å². The van der Waals surface area contributed by atoms with Crippen molar-refractivity contribution in [3.8, 4) is 0 Å². The fourth-order valence-electron chi connectivity index (χ4n) is 3.27. The monoisotopic (exact) mass is 383 g/mol. The van der Waals surface area contributed by atoms with E-state index in [1.54, 1.807) is 26.0 Å². The molecule has 0 radical (unpaired) electrons. The Bertz CT molecular complexity index is 911. The molecule has 4 amide bonds. The lowest BCUT2D eigenvalue weighted by atomic mass is 9.91. The summed E-state index contributed by atoms with van der Waals surface area (Å²) in [6.45, 7) is 5.26. The number of urea groups is 1. The maximum atomic E-state index is 13.1. The number of benzene rings is 2. The summed E-state index contributed by atoms with van der Waals surface area (Å²) in [5.41, 5.74) is 0.964. The van der Waals surface area contributed by atoms with Gasteiger partial charge >= 0.3 is 6.03 Å². The minimum absolute atomic E-state index is 0.323. The number of anilines is 1. The molecule has 2 aromatic rings. The first kappa shape index (κ1) is 19.5. The van der Waals surface area contributed by atoms with Crippen LogP contribution >= 0.6 is 0 Å². The van der Waals surface area contributed by atoms with E-state index >= 15 is 0 Å². The number of amides is 4. The quantitative estimate of drug-likeness (QED) is 0.807. The number of carbonyl (C=O) groups is 3. The van der Waals surface area contributed by atoms with E-state index in [1.165, 1.54) is 29.2 Å². The molecule has 1 N–H and O–H groups in total. The number of nitrogens with zero attached hydrogens (tertiary/aromatic N) is 2. The third-order valence-electron chi connectivity index (χ3n) is 4.95. The Kier molecular flexibility index (Phi) is 5.18. The molecule has 1 fully saturated rings. The van der Waals surface area contributed by atoms with Crippen molar-refractivity contribution in [2.24, 2.45) is 0 Å². The van der Waals surface area contributed by atoms with Gasteiger partial charge in [-0.3, -0.25) is 14.5 Å². The lowest BCUT2D eigenvalue weighted by molar-refractivity contribution is -0.134. The smallest absolute Gasteiger partial charge is 0.319 e. The molecule has 0 bridgehead atoms. The van der Waals surface area contributed by atoms with Crippen molar-refractivity contribution in [2.75, 3.05) is 18.0 Å². The van der Waals surface area contributed by atoms with Crippen molar-refractivity contribution < 1.29 is 18.8 Å². The van der Waals surface area contributed by atoms with Gasteiger partial charge in [-0.2, -0.15) is 0 Å². The van der Waals surface area contributed by atoms with E-state index in [2.05, 4.69) is 5.32 Å². The van der Waals surface area contributed by atoms with Crippen molar-refractivity contribution in [2.45, 2.75) is 26.3 Å². The van der Waals surface area contributed by atoms with Gasteiger partial charge in [-0.1, -0.05) is 29.8 Å². The first-order valence-electron chi connectivity index (χ1n) is 9.03. The predicted molar refractivity (Wildman–Crippen MR) is 103 cm³/mol. The van der Waals surface area contributed by atoms with E-state index < -0.39 is 35.7 Å². The average Bonchev–Trinajstić information content (AvgIpc) is 2.88. The van der Waals surface area contributed by atoms with Gasteiger partial charge in [0.25, 0.3) is 5.91 Å². The van der Waals surface area contributed by atoms with E-state index in [0.717, 1.165) is 10.5 Å². The van der Waals surface area contributed by atoms with Gasteiger partial charge < -0.3 is 10.2 Å². The van der Waals surface area contributed by atoms with E-state index in [-0.39, 0.29) is 0 Å². The Labute approximate surface area is 162 Å². The van der Waals surface area contributed by atoms with Gasteiger partial charge in [-0.05, 0) is 50.6 Å². The molecule has 1 aliphatic heterocycles. The number of hydrogen-bond donors (Lipinski definition) is 1. The summed E-state index contributed by atoms with van der Waals surface area (Å²) in [5.74, 6) is -1.31. The number of halogens is 1. The highest BCUT2D eigenvalue weighted by molar-refractivity contribution is 6.10. The van der Waals surface area contributed by atoms with Gasteiger partial charge in [-0.15, -0.1) is 0 Å². The molecular weight excluding hydrogens is 361 g/mol. The second-order valence-electron chi connectivity index (χ2n) is 6.93. The number of nitrogens with one attached hydrogen (secondary N) is 1. The van der Waals surface area contributed by atoms with Gasteiger partial charge in [0.1, 0.15) is 17.9 Å². The zero-order chi connectivity index (χ0) is 20.5. The van der Waals surface area contributed by atoms with Crippen LogP contribution in [0.3, 0.4) is 0 Å². The Morgan fingerprint density at radius 2 is 1.71 bits per heavy atom. The topological polar surface area (TPSA) is 69.7 Å². The van der Waals surface area contributed by atoms with Crippen LogP contribution in [0.15, 0.2) is 48.5 Å². The van der Waals surface area contributed by atoms with Gasteiger partial charge in [-0.25, -0.2) is 9.18 Å². The molecule has 146 valence electrons. The largest absolute Gasteiger partial charge is 0.325 e. The highest BCUT2D eigenvalue weighted by Gasteiger charge is 2.49.